The highest BCUT2D eigenvalue weighted by atomic mass is 16.4. The van der Waals surface area contributed by atoms with Crippen LogP contribution in [0.2, 0.25) is 0 Å². The van der Waals surface area contributed by atoms with E-state index >= 15 is 0 Å². The van der Waals surface area contributed by atoms with Gasteiger partial charge in [-0.15, -0.1) is 0 Å². The van der Waals surface area contributed by atoms with Crippen LogP contribution < -0.4 is 0 Å². The molecule has 1 N–H and O–H groups in total. The number of carboxylic acid groups (broad SMARTS) is 1. The van der Waals surface area contributed by atoms with E-state index in [1.54, 1.807) is 0 Å². The SMILES string of the molecule is Cc1ccc(CN2CCN(CC(=O)O)CC2)o1. The summed E-state index contributed by atoms with van der Waals surface area (Å²) in [6.07, 6.45) is 0. The summed E-state index contributed by atoms with van der Waals surface area (Å²) in [7, 11) is 0. The molecule has 17 heavy (non-hydrogen) atoms. The van der Waals surface area contributed by atoms with Crippen molar-refractivity contribution in [2.45, 2.75) is 13.5 Å². The van der Waals surface area contributed by atoms with Gasteiger partial charge in [0.15, 0.2) is 0 Å². The molecule has 0 saturated carbocycles. The maximum Gasteiger partial charge on any atom is 0.317 e. The molecule has 1 fully saturated rings. The van der Waals surface area contributed by atoms with Crippen LogP contribution in [-0.4, -0.2) is 53.6 Å². The first-order valence-electron chi connectivity index (χ1n) is 5.85. The summed E-state index contributed by atoms with van der Waals surface area (Å²) in [5.41, 5.74) is 0. The number of carbonyl (C=O) groups is 1. The van der Waals surface area contributed by atoms with Gasteiger partial charge in [-0.25, -0.2) is 0 Å². The summed E-state index contributed by atoms with van der Waals surface area (Å²) in [5.74, 6) is 1.17. The van der Waals surface area contributed by atoms with E-state index in [9.17, 15) is 4.79 Å². The Labute approximate surface area is 101 Å². The maximum absolute atomic E-state index is 10.6. The highest BCUT2D eigenvalue weighted by Gasteiger charge is 2.19. The highest BCUT2D eigenvalue weighted by Crippen LogP contribution is 2.11. The molecule has 0 unspecified atom stereocenters. The highest BCUT2D eigenvalue weighted by molar-refractivity contribution is 5.69. The van der Waals surface area contributed by atoms with Crippen molar-refractivity contribution in [2.24, 2.45) is 0 Å². The summed E-state index contributed by atoms with van der Waals surface area (Å²) < 4.78 is 5.53. The normalized spacial score (nSPS) is 18.4. The average Bonchev–Trinajstić information content (AvgIpc) is 2.66. The molecular weight excluding hydrogens is 220 g/mol. The van der Waals surface area contributed by atoms with Crippen molar-refractivity contribution in [3.8, 4) is 0 Å². The van der Waals surface area contributed by atoms with Crippen LogP contribution in [0.3, 0.4) is 0 Å². The number of carboxylic acids is 1. The number of piperazine rings is 1. The third-order valence-electron chi connectivity index (χ3n) is 3.00. The number of hydrogen-bond donors (Lipinski definition) is 1. The summed E-state index contributed by atoms with van der Waals surface area (Å²) in [5, 5.41) is 8.70. The van der Waals surface area contributed by atoms with Crippen molar-refractivity contribution in [1.29, 1.82) is 0 Å². The smallest absolute Gasteiger partial charge is 0.317 e. The summed E-state index contributed by atoms with van der Waals surface area (Å²) in [6, 6.07) is 3.97. The van der Waals surface area contributed by atoms with E-state index < -0.39 is 5.97 Å². The summed E-state index contributed by atoms with van der Waals surface area (Å²) in [4.78, 5) is 14.8. The Bertz CT molecular complexity index is 381. The fourth-order valence-electron chi connectivity index (χ4n) is 2.09. The van der Waals surface area contributed by atoms with E-state index in [-0.39, 0.29) is 6.54 Å². The first kappa shape index (κ1) is 12.1. The Morgan fingerprint density at radius 1 is 1.29 bits per heavy atom. The second-order valence-corrected chi connectivity index (χ2v) is 4.46. The topological polar surface area (TPSA) is 56.9 Å². The molecule has 0 aliphatic carbocycles. The average molecular weight is 238 g/mol. The van der Waals surface area contributed by atoms with E-state index in [4.69, 9.17) is 9.52 Å². The molecule has 0 aromatic carbocycles. The van der Waals surface area contributed by atoms with Crippen molar-refractivity contribution in [1.82, 2.24) is 9.80 Å². The number of furan rings is 1. The van der Waals surface area contributed by atoms with Gasteiger partial charge in [-0.2, -0.15) is 0 Å². The van der Waals surface area contributed by atoms with Crippen molar-refractivity contribution < 1.29 is 14.3 Å². The van der Waals surface area contributed by atoms with Crippen molar-refractivity contribution in [2.75, 3.05) is 32.7 Å². The first-order chi connectivity index (χ1) is 8.13. The molecule has 5 heteroatoms. The predicted octanol–water partition coefficient (Wildman–Crippen LogP) is 0.790. The lowest BCUT2D eigenvalue weighted by molar-refractivity contribution is -0.138. The minimum absolute atomic E-state index is 0.147. The molecule has 1 aliphatic heterocycles. The lowest BCUT2D eigenvalue weighted by Gasteiger charge is -2.33. The van der Waals surface area contributed by atoms with Gasteiger partial charge >= 0.3 is 5.97 Å². The van der Waals surface area contributed by atoms with Gasteiger partial charge in [0.05, 0.1) is 13.1 Å². The summed E-state index contributed by atoms with van der Waals surface area (Å²) >= 11 is 0. The Morgan fingerprint density at radius 2 is 1.94 bits per heavy atom. The van der Waals surface area contributed by atoms with Gasteiger partial charge in [0, 0.05) is 26.2 Å². The minimum Gasteiger partial charge on any atom is -0.480 e. The molecule has 2 heterocycles. The minimum atomic E-state index is -0.750. The standard InChI is InChI=1S/C12H18N2O3/c1-10-2-3-11(17-10)8-13-4-6-14(7-5-13)9-12(15)16/h2-3H,4-9H2,1H3,(H,15,16). The van der Waals surface area contributed by atoms with Crippen LogP contribution >= 0.6 is 0 Å². The van der Waals surface area contributed by atoms with Crippen LogP contribution in [0.15, 0.2) is 16.5 Å². The van der Waals surface area contributed by atoms with Crippen LogP contribution in [0.25, 0.3) is 0 Å². The molecule has 0 amide bonds. The van der Waals surface area contributed by atoms with Gasteiger partial charge < -0.3 is 9.52 Å². The number of aliphatic carboxylic acids is 1. The molecule has 0 spiro atoms. The second-order valence-electron chi connectivity index (χ2n) is 4.46. The lowest BCUT2D eigenvalue weighted by Crippen LogP contribution is -2.47. The van der Waals surface area contributed by atoms with E-state index in [2.05, 4.69) is 4.90 Å². The largest absolute Gasteiger partial charge is 0.480 e. The van der Waals surface area contributed by atoms with Crippen molar-refractivity contribution >= 4 is 5.97 Å². The molecule has 1 aromatic rings. The molecule has 2 rings (SSSR count). The molecular formula is C12H18N2O3. The van der Waals surface area contributed by atoms with Crippen LogP contribution in [0.1, 0.15) is 11.5 Å². The second kappa shape index (κ2) is 5.33. The maximum atomic E-state index is 10.6. The number of nitrogens with zero attached hydrogens (tertiary/aromatic N) is 2. The van der Waals surface area contributed by atoms with E-state index in [1.165, 1.54) is 0 Å². The van der Waals surface area contributed by atoms with Gasteiger partial charge in [0.2, 0.25) is 0 Å². The van der Waals surface area contributed by atoms with Gasteiger partial charge in [0.25, 0.3) is 0 Å². The Kier molecular flexibility index (Phi) is 3.81. The molecule has 94 valence electrons. The monoisotopic (exact) mass is 238 g/mol. The van der Waals surface area contributed by atoms with Gasteiger partial charge in [-0.3, -0.25) is 14.6 Å². The lowest BCUT2D eigenvalue weighted by atomic mass is 10.3. The quantitative estimate of drug-likeness (QED) is 0.840. The Hall–Kier alpha value is -1.33. The van der Waals surface area contributed by atoms with E-state index in [0.29, 0.717) is 0 Å². The number of rotatable bonds is 4. The molecule has 1 aromatic heterocycles. The van der Waals surface area contributed by atoms with Crippen molar-refractivity contribution in [3.05, 3.63) is 23.7 Å². The number of hydrogen-bond acceptors (Lipinski definition) is 4. The zero-order valence-electron chi connectivity index (χ0n) is 10.1. The molecule has 1 aliphatic rings. The Morgan fingerprint density at radius 3 is 2.47 bits per heavy atom. The molecule has 0 bridgehead atoms. The third kappa shape index (κ3) is 3.57. The fourth-order valence-corrected chi connectivity index (χ4v) is 2.09. The van der Waals surface area contributed by atoms with Crippen LogP contribution in [-0.2, 0) is 11.3 Å². The van der Waals surface area contributed by atoms with Crippen LogP contribution in [0, 0.1) is 6.92 Å². The predicted molar refractivity (Wildman–Crippen MR) is 62.8 cm³/mol. The van der Waals surface area contributed by atoms with Gasteiger partial charge in [0.1, 0.15) is 11.5 Å². The zero-order valence-corrected chi connectivity index (χ0v) is 10.1. The zero-order chi connectivity index (χ0) is 12.3. The fraction of sp³-hybridized carbons (Fsp3) is 0.583. The van der Waals surface area contributed by atoms with Gasteiger partial charge in [-0.1, -0.05) is 0 Å². The molecule has 1 saturated heterocycles. The van der Waals surface area contributed by atoms with Crippen LogP contribution in [0.4, 0.5) is 0 Å². The van der Waals surface area contributed by atoms with E-state index in [1.807, 2.05) is 24.0 Å². The first-order valence-corrected chi connectivity index (χ1v) is 5.85. The molecule has 0 atom stereocenters. The van der Waals surface area contributed by atoms with Gasteiger partial charge in [-0.05, 0) is 19.1 Å². The molecule has 0 radical (unpaired) electrons. The number of aryl methyl sites for hydroxylation is 1. The summed E-state index contributed by atoms with van der Waals surface area (Å²) in [6.45, 7) is 6.31. The third-order valence-corrected chi connectivity index (χ3v) is 3.00. The Balaban J connectivity index is 1.77. The van der Waals surface area contributed by atoms with Crippen molar-refractivity contribution in [3.63, 3.8) is 0 Å². The van der Waals surface area contributed by atoms with Crippen LogP contribution in [0.5, 0.6) is 0 Å². The van der Waals surface area contributed by atoms with E-state index in [0.717, 1.165) is 44.2 Å². The molecule has 5 nitrogen and oxygen atoms in total.